The van der Waals surface area contributed by atoms with Crippen LogP contribution in [0.3, 0.4) is 0 Å². The number of pyridine rings is 1. The fourth-order valence-electron chi connectivity index (χ4n) is 6.15. The van der Waals surface area contributed by atoms with Crippen LogP contribution in [-0.4, -0.2) is 108 Å². The topological polar surface area (TPSA) is 224 Å². The summed E-state index contributed by atoms with van der Waals surface area (Å²) in [5.74, 6) is -2.00. The van der Waals surface area contributed by atoms with Crippen LogP contribution in [0.2, 0.25) is 0 Å². The first-order valence-corrected chi connectivity index (χ1v) is 17.4. The highest BCUT2D eigenvalue weighted by Gasteiger charge is 2.45. The average molecular weight is 753 g/mol. The van der Waals surface area contributed by atoms with Gasteiger partial charge in [-0.25, -0.2) is 15.4 Å². The third-order valence-electron chi connectivity index (χ3n) is 8.89. The number of carbonyl (C=O) groups is 6. The number of hydrogen-bond acceptors (Lipinski definition) is 14. The van der Waals surface area contributed by atoms with Gasteiger partial charge in [0.15, 0.2) is 5.58 Å². The van der Waals surface area contributed by atoms with Crippen molar-refractivity contribution in [2.45, 2.75) is 24.9 Å². The SMILES string of the molecule is CN1NC(c2nc3cc(NC(=O)c4ccc(OCCOCCOCCNc5cccc6c5C(=O)N(C5CCC(=O)NC5=O)C6=O)cn4)ccc3o2)C=CC1=O. The maximum atomic E-state index is 13.2. The first-order valence-electron chi connectivity index (χ1n) is 17.4. The standard InChI is InChI=1S/C37H36N8O10/c1-44-31(47)12-8-26(43-44)35-41-27-19-21(5-10-29(27)55-35)40-33(48)25-7-6-22(20-39-25)54-18-17-53-16-15-52-14-13-38-24-4-2-3-23-32(24)37(51)45(36(23)50)28-9-11-30(46)42-34(28)49/h2-8,10,12,19-20,26,28,38,43H,9,11,13-18H2,1H3,(H,40,48)(H,42,46,49). The van der Waals surface area contributed by atoms with Crippen molar-refractivity contribution in [3.63, 3.8) is 0 Å². The van der Waals surface area contributed by atoms with Gasteiger partial charge in [0.2, 0.25) is 17.7 Å². The summed E-state index contributed by atoms with van der Waals surface area (Å²) in [6, 6.07) is 11.7. The van der Waals surface area contributed by atoms with E-state index in [1.165, 1.54) is 23.3 Å². The zero-order chi connectivity index (χ0) is 38.5. The Morgan fingerprint density at radius 1 is 0.982 bits per heavy atom. The lowest BCUT2D eigenvalue weighted by Crippen LogP contribution is -2.54. The van der Waals surface area contributed by atoms with E-state index in [0.717, 1.165) is 4.90 Å². The molecule has 0 radical (unpaired) electrons. The monoisotopic (exact) mass is 752 g/mol. The minimum atomic E-state index is -1.03. The van der Waals surface area contributed by atoms with Gasteiger partial charge in [0.25, 0.3) is 23.6 Å². The van der Waals surface area contributed by atoms with Crippen molar-refractivity contribution in [2.75, 3.05) is 57.3 Å². The minimum Gasteiger partial charge on any atom is -0.490 e. The Morgan fingerprint density at radius 3 is 2.58 bits per heavy atom. The summed E-state index contributed by atoms with van der Waals surface area (Å²) < 4.78 is 22.7. The van der Waals surface area contributed by atoms with Gasteiger partial charge < -0.3 is 29.3 Å². The van der Waals surface area contributed by atoms with Crippen molar-refractivity contribution in [1.82, 2.24) is 30.6 Å². The number of amides is 6. The van der Waals surface area contributed by atoms with Gasteiger partial charge in [0.05, 0.1) is 43.8 Å². The lowest BCUT2D eigenvalue weighted by atomic mass is 10.0. The Balaban J connectivity index is 0.782. The van der Waals surface area contributed by atoms with E-state index in [2.05, 4.69) is 31.3 Å². The number of carbonyl (C=O) groups excluding carboxylic acids is 6. The average Bonchev–Trinajstić information content (AvgIpc) is 3.71. The van der Waals surface area contributed by atoms with E-state index in [1.54, 1.807) is 55.6 Å². The maximum absolute atomic E-state index is 13.2. The van der Waals surface area contributed by atoms with Gasteiger partial charge in [-0.1, -0.05) is 12.1 Å². The molecule has 1 fully saturated rings. The summed E-state index contributed by atoms with van der Waals surface area (Å²) in [7, 11) is 1.61. The van der Waals surface area contributed by atoms with Crippen LogP contribution in [0.1, 0.15) is 56.0 Å². The molecule has 4 N–H and O–H groups in total. The number of benzene rings is 2. The van der Waals surface area contributed by atoms with Gasteiger partial charge in [-0.15, -0.1) is 0 Å². The number of oxazole rings is 1. The van der Waals surface area contributed by atoms with Crippen molar-refractivity contribution < 1.29 is 47.4 Å². The van der Waals surface area contributed by atoms with Crippen molar-refractivity contribution in [3.05, 3.63) is 89.6 Å². The lowest BCUT2D eigenvalue weighted by molar-refractivity contribution is -0.136. The fraction of sp³-hybridized carbons (Fsp3) is 0.297. The largest absolute Gasteiger partial charge is 0.490 e. The first-order chi connectivity index (χ1) is 26.7. The normalized spacial score (nSPS) is 18.2. The van der Waals surface area contributed by atoms with E-state index in [9.17, 15) is 28.8 Å². The predicted octanol–water partition coefficient (Wildman–Crippen LogP) is 1.97. The summed E-state index contributed by atoms with van der Waals surface area (Å²) in [5, 5.41) is 9.46. The summed E-state index contributed by atoms with van der Waals surface area (Å²) in [4.78, 5) is 84.2. The first kappa shape index (κ1) is 36.8. The molecule has 55 heavy (non-hydrogen) atoms. The molecular formula is C37H36N8O10. The van der Waals surface area contributed by atoms with Gasteiger partial charge in [-0.3, -0.25) is 44.0 Å². The highest BCUT2D eigenvalue weighted by Crippen LogP contribution is 2.32. The van der Waals surface area contributed by atoms with E-state index < -0.39 is 41.6 Å². The Kier molecular flexibility index (Phi) is 10.9. The van der Waals surface area contributed by atoms with Crippen LogP contribution in [0, 0.1) is 0 Å². The number of likely N-dealkylation sites (N-methyl/N-ethyl adjacent to an activating group) is 1. The number of hydrogen-bond donors (Lipinski definition) is 4. The van der Waals surface area contributed by atoms with E-state index in [1.807, 2.05) is 0 Å². The molecule has 4 aromatic rings. The number of hydrazine groups is 1. The highest BCUT2D eigenvalue weighted by atomic mass is 16.5. The molecule has 6 amide bonds. The number of anilines is 2. The van der Waals surface area contributed by atoms with Crippen LogP contribution in [0.15, 0.2) is 71.3 Å². The second-order valence-electron chi connectivity index (χ2n) is 12.6. The molecule has 3 aliphatic heterocycles. The second-order valence-corrected chi connectivity index (χ2v) is 12.6. The molecule has 5 heterocycles. The molecule has 1 saturated heterocycles. The summed E-state index contributed by atoms with van der Waals surface area (Å²) in [5.41, 5.74) is 5.57. The van der Waals surface area contributed by atoms with Crippen LogP contribution < -0.4 is 26.1 Å². The Morgan fingerprint density at radius 2 is 1.80 bits per heavy atom. The molecule has 2 aromatic carbocycles. The summed E-state index contributed by atoms with van der Waals surface area (Å²) >= 11 is 0. The van der Waals surface area contributed by atoms with Crippen molar-refractivity contribution >= 4 is 57.9 Å². The van der Waals surface area contributed by atoms with Gasteiger partial charge in [-0.05, 0) is 48.9 Å². The molecule has 18 nitrogen and oxygen atoms in total. The van der Waals surface area contributed by atoms with Crippen LogP contribution in [0.4, 0.5) is 11.4 Å². The van der Waals surface area contributed by atoms with Gasteiger partial charge in [-0.2, -0.15) is 0 Å². The number of nitrogens with one attached hydrogen (secondary N) is 4. The lowest BCUT2D eigenvalue weighted by Gasteiger charge is -2.27. The van der Waals surface area contributed by atoms with Crippen molar-refractivity contribution in [3.8, 4) is 5.75 Å². The summed E-state index contributed by atoms with van der Waals surface area (Å²) in [6.07, 6.45) is 4.69. The number of ether oxygens (including phenoxy) is 3. The van der Waals surface area contributed by atoms with E-state index >= 15 is 0 Å². The molecule has 2 unspecified atom stereocenters. The van der Waals surface area contributed by atoms with Gasteiger partial charge in [0.1, 0.15) is 35.7 Å². The maximum Gasteiger partial charge on any atom is 0.274 e. The molecule has 0 bridgehead atoms. The van der Waals surface area contributed by atoms with Crippen LogP contribution in [0.25, 0.3) is 11.1 Å². The zero-order valence-corrected chi connectivity index (χ0v) is 29.5. The Bertz CT molecular complexity index is 2190. The zero-order valence-electron chi connectivity index (χ0n) is 29.5. The molecule has 18 heteroatoms. The fourth-order valence-corrected chi connectivity index (χ4v) is 6.15. The van der Waals surface area contributed by atoms with E-state index in [4.69, 9.17) is 18.6 Å². The van der Waals surface area contributed by atoms with Gasteiger partial charge >= 0.3 is 0 Å². The van der Waals surface area contributed by atoms with Crippen LogP contribution in [0.5, 0.6) is 5.75 Å². The molecular weight excluding hydrogens is 716 g/mol. The molecule has 284 valence electrons. The predicted molar refractivity (Wildman–Crippen MR) is 193 cm³/mol. The molecule has 0 saturated carbocycles. The minimum absolute atomic E-state index is 0.0489. The highest BCUT2D eigenvalue weighted by molar-refractivity contribution is 6.25. The third kappa shape index (κ3) is 8.20. The number of nitrogens with zero attached hydrogens (tertiary/aromatic N) is 4. The molecule has 0 spiro atoms. The number of imide groups is 2. The van der Waals surface area contributed by atoms with Gasteiger partial charge in [0, 0.05) is 37.5 Å². The summed E-state index contributed by atoms with van der Waals surface area (Å²) in [6.45, 7) is 1.78. The molecule has 3 aliphatic rings. The Labute approximate surface area is 313 Å². The quantitative estimate of drug-likeness (QED) is 0.101. The van der Waals surface area contributed by atoms with E-state index in [0.29, 0.717) is 60.5 Å². The molecule has 0 aliphatic carbocycles. The van der Waals surface area contributed by atoms with Crippen LogP contribution in [-0.2, 0) is 23.9 Å². The molecule has 7 rings (SSSR count). The third-order valence-corrected chi connectivity index (χ3v) is 8.89. The smallest absolute Gasteiger partial charge is 0.274 e. The molecule has 2 aromatic heterocycles. The second kappa shape index (κ2) is 16.3. The Hall–Kier alpha value is -6.50. The van der Waals surface area contributed by atoms with E-state index in [-0.39, 0.29) is 48.8 Å². The van der Waals surface area contributed by atoms with Crippen LogP contribution >= 0.6 is 0 Å². The number of fused-ring (bicyclic) bond motifs is 2. The number of rotatable bonds is 15. The number of piperidine rings is 1. The number of aromatic nitrogens is 2. The molecule has 2 atom stereocenters. The van der Waals surface area contributed by atoms with Crippen molar-refractivity contribution in [1.29, 1.82) is 0 Å². The van der Waals surface area contributed by atoms with Crippen molar-refractivity contribution in [2.24, 2.45) is 0 Å².